The molecule has 1 heterocycles. The van der Waals surface area contributed by atoms with E-state index in [0.717, 1.165) is 18.0 Å². The Hall–Kier alpha value is -0.870. The Labute approximate surface area is 110 Å². The summed E-state index contributed by atoms with van der Waals surface area (Å²) in [6.45, 7) is 2.30. The highest BCUT2D eigenvalue weighted by molar-refractivity contribution is 5.02. The first-order chi connectivity index (χ1) is 8.72. The Morgan fingerprint density at radius 2 is 2.17 bits per heavy atom. The summed E-state index contributed by atoms with van der Waals surface area (Å²) in [4.78, 5) is 0. The lowest BCUT2D eigenvalue weighted by Gasteiger charge is -2.33. The predicted molar refractivity (Wildman–Crippen MR) is 73.8 cm³/mol. The van der Waals surface area contributed by atoms with E-state index in [1.165, 1.54) is 32.1 Å². The van der Waals surface area contributed by atoms with Crippen molar-refractivity contribution in [1.29, 1.82) is 0 Å². The Kier molecular flexibility index (Phi) is 4.78. The van der Waals surface area contributed by atoms with Crippen LogP contribution in [-0.4, -0.2) is 15.8 Å². The Morgan fingerprint density at radius 3 is 2.67 bits per heavy atom. The van der Waals surface area contributed by atoms with Gasteiger partial charge in [-0.05, 0) is 30.7 Å². The van der Waals surface area contributed by atoms with Crippen LogP contribution < -0.4 is 11.3 Å². The summed E-state index contributed by atoms with van der Waals surface area (Å²) in [5.74, 6) is 7.39. The zero-order valence-corrected chi connectivity index (χ0v) is 11.6. The second kappa shape index (κ2) is 6.34. The molecule has 4 nitrogen and oxygen atoms in total. The van der Waals surface area contributed by atoms with Crippen LogP contribution in [0, 0.1) is 11.8 Å². The van der Waals surface area contributed by atoms with Gasteiger partial charge >= 0.3 is 0 Å². The number of nitrogens with one attached hydrogen (secondary N) is 1. The summed E-state index contributed by atoms with van der Waals surface area (Å²) < 4.78 is 1.86. The highest BCUT2D eigenvalue weighted by atomic mass is 15.3. The minimum absolute atomic E-state index is 0.373. The van der Waals surface area contributed by atoms with Crippen molar-refractivity contribution in [3.05, 3.63) is 18.0 Å². The van der Waals surface area contributed by atoms with Crippen molar-refractivity contribution in [2.45, 2.75) is 51.5 Å². The van der Waals surface area contributed by atoms with Crippen LogP contribution in [0.5, 0.6) is 0 Å². The minimum Gasteiger partial charge on any atom is -0.276 e. The maximum Gasteiger partial charge on any atom is 0.0640 e. The van der Waals surface area contributed by atoms with Gasteiger partial charge in [0.1, 0.15) is 0 Å². The quantitative estimate of drug-likeness (QED) is 0.621. The van der Waals surface area contributed by atoms with E-state index in [0.29, 0.717) is 12.0 Å². The first kappa shape index (κ1) is 13.6. The molecule has 18 heavy (non-hydrogen) atoms. The highest BCUT2D eigenvalue weighted by Crippen LogP contribution is 2.33. The van der Waals surface area contributed by atoms with Gasteiger partial charge in [0.05, 0.1) is 5.69 Å². The average molecular weight is 250 g/mol. The fourth-order valence-electron chi connectivity index (χ4n) is 3.16. The van der Waals surface area contributed by atoms with Crippen LogP contribution in [-0.2, 0) is 13.5 Å². The monoisotopic (exact) mass is 250 g/mol. The number of aryl methyl sites for hydroxylation is 1. The van der Waals surface area contributed by atoms with Gasteiger partial charge in [-0.3, -0.25) is 16.0 Å². The third kappa shape index (κ3) is 3.33. The molecule has 0 amide bonds. The molecule has 0 bridgehead atoms. The van der Waals surface area contributed by atoms with Crippen molar-refractivity contribution in [1.82, 2.24) is 15.2 Å². The normalized spacial score (nSPS) is 26.2. The molecule has 3 N–H and O–H groups in total. The predicted octanol–water partition coefficient (Wildman–Crippen LogP) is 2.01. The van der Waals surface area contributed by atoms with E-state index in [1.54, 1.807) is 0 Å². The number of aromatic nitrogens is 2. The lowest BCUT2D eigenvalue weighted by molar-refractivity contribution is 0.216. The SMILES string of the molecule is CCC1CCC(C(Cc2ccn(C)n2)NN)CC1. The molecule has 1 aromatic rings. The maximum absolute atomic E-state index is 5.74. The topological polar surface area (TPSA) is 55.9 Å². The van der Waals surface area contributed by atoms with Crippen LogP contribution in [0.2, 0.25) is 0 Å². The first-order valence-corrected chi connectivity index (χ1v) is 7.17. The van der Waals surface area contributed by atoms with Crippen molar-refractivity contribution in [3.63, 3.8) is 0 Å². The fourth-order valence-corrected chi connectivity index (χ4v) is 3.16. The summed E-state index contributed by atoms with van der Waals surface area (Å²) in [6.07, 6.45) is 9.60. The lowest BCUT2D eigenvalue weighted by atomic mass is 9.77. The number of hydrogen-bond donors (Lipinski definition) is 2. The van der Waals surface area contributed by atoms with Crippen molar-refractivity contribution in [2.75, 3.05) is 0 Å². The third-order valence-corrected chi connectivity index (χ3v) is 4.45. The van der Waals surface area contributed by atoms with Gasteiger partial charge in [0.2, 0.25) is 0 Å². The molecule has 1 unspecified atom stereocenters. The van der Waals surface area contributed by atoms with Gasteiger partial charge in [-0.1, -0.05) is 26.2 Å². The number of hydrogen-bond acceptors (Lipinski definition) is 3. The molecule has 1 fully saturated rings. The van der Waals surface area contributed by atoms with Crippen molar-refractivity contribution in [3.8, 4) is 0 Å². The molecule has 1 atom stereocenters. The molecule has 102 valence electrons. The largest absolute Gasteiger partial charge is 0.276 e. The van der Waals surface area contributed by atoms with E-state index in [2.05, 4.69) is 23.5 Å². The molecule has 0 saturated heterocycles. The van der Waals surface area contributed by atoms with Gasteiger partial charge in [0, 0.05) is 25.7 Å². The van der Waals surface area contributed by atoms with Gasteiger partial charge in [-0.25, -0.2) is 0 Å². The number of nitrogens with two attached hydrogens (primary N) is 1. The summed E-state index contributed by atoms with van der Waals surface area (Å²) in [7, 11) is 1.96. The Balaban J connectivity index is 1.89. The molecule has 1 saturated carbocycles. The molecule has 2 rings (SSSR count). The summed E-state index contributed by atoms with van der Waals surface area (Å²) in [5, 5.41) is 4.45. The van der Waals surface area contributed by atoms with Gasteiger partial charge in [-0.2, -0.15) is 5.10 Å². The van der Waals surface area contributed by atoms with Crippen molar-refractivity contribution < 1.29 is 0 Å². The van der Waals surface area contributed by atoms with Gasteiger partial charge in [0.15, 0.2) is 0 Å². The van der Waals surface area contributed by atoms with Crippen LogP contribution >= 0.6 is 0 Å². The molecule has 4 heteroatoms. The fraction of sp³-hybridized carbons (Fsp3) is 0.786. The molecule has 0 aliphatic heterocycles. The van der Waals surface area contributed by atoms with Crippen LogP contribution in [0.3, 0.4) is 0 Å². The molecule has 1 aromatic heterocycles. The Bertz CT molecular complexity index is 352. The van der Waals surface area contributed by atoms with E-state index in [4.69, 9.17) is 5.84 Å². The zero-order valence-electron chi connectivity index (χ0n) is 11.6. The second-order valence-electron chi connectivity index (χ2n) is 5.65. The molecule has 0 aromatic carbocycles. The summed E-state index contributed by atoms with van der Waals surface area (Å²) >= 11 is 0. The smallest absolute Gasteiger partial charge is 0.0640 e. The first-order valence-electron chi connectivity index (χ1n) is 7.17. The standard InChI is InChI=1S/C14H26N4/c1-3-11-4-6-12(7-5-11)14(16-15)10-13-8-9-18(2)17-13/h8-9,11-12,14,16H,3-7,10,15H2,1-2H3. The zero-order chi connectivity index (χ0) is 13.0. The highest BCUT2D eigenvalue weighted by Gasteiger charge is 2.26. The van der Waals surface area contributed by atoms with Crippen molar-refractivity contribution in [2.24, 2.45) is 24.7 Å². The summed E-state index contributed by atoms with van der Waals surface area (Å²) in [6, 6.07) is 2.46. The molecular weight excluding hydrogens is 224 g/mol. The Morgan fingerprint density at radius 1 is 1.44 bits per heavy atom. The third-order valence-electron chi connectivity index (χ3n) is 4.45. The van der Waals surface area contributed by atoms with Gasteiger partial charge in [-0.15, -0.1) is 0 Å². The van der Waals surface area contributed by atoms with E-state index in [-0.39, 0.29) is 0 Å². The van der Waals surface area contributed by atoms with Crippen LogP contribution in [0.25, 0.3) is 0 Å². The van der Waals surface area contributed by atoms with Crippen molar-refractivity contribution >= 4 is 0 Å². The van der Waals surface area contributed by atoms with Crippen LogP contribution in [0.15, 0.2) is 12.3 Å². The number of nitrogens with zero attached hydrogens (tertiary/aromatic N) is 2. The molecule has 0 spiro atoms. The molecule has 1 aliphatic carbocycles. The van der Waals surface area contributed by atoms with E-state index in [9.17, 15) is 0 Å². The molecular formula is C14H26N4. The average Bonchev–Trinajstić information content (AvgIpc) is 2.82. The van der Waals surface area contributed by atoms with E-state index < -0.39 is 0 Å². The van der Waals surface area contributed by atoms with E-state index >= 15 is 0 Å². The number of hydrazine groups is 1. The summed E-state index contributed by atoms with van der Waals surface area (Å²) in [5.41, 5.74) is 4.15. The lowest BCUT2D eigenvalue weighted by Crippen LogP contribution is -2.43. The number of rotatable bonds is 5. The van der Waals surface area contributed by atoms with Gasteiger partial charge in [0.25, 0.3) is 0 Å². The minimum atomic E-state index is 0.373. The second-order valence-corrected chi connectivity index (χ2v) is 5.65. The maximum atomic E-state index is 5.74. The van der Waals surface area contributed by atoms with Gasteiger partial charge < -0.3 is 0 Å². The van der Waals surface area contributed by atoms with Crippen LogP contribution in [0.4, 0.5) is 0 Å². The van der Waals surface area contributed by atoms with Crippen LogP contribution in [0.1, 0.15) is 44.7 Å². The molecule has 1 aliphatic rings. The van der Waals surface area contributed by atoms with E-state index in [1.807, 2.05) is 17.9 Å². The molecule has 0 radical (unpaired) electrons.